The minimum absolute atomic E-state index is 0.0587. The van der Waals surface area contributed by atoms with Gasteiger partial charge in [0.2, 0.25) is 11.8 Å². The molecular weight excluding hydrogens is 516 g/mol. The Morgan fingerprint density at radius 3 is 2.55 bits per heavy atom. The molecule has 2 N–H and O–H groups in total. The Morgan fingerprint density at radius 1 is 1.05 bits per heavy atom. The number of methoxy groups -OCH3 is 1. The Bertz CT molecular complexity index is 1330. The Kier molecular flexibility index (Phi) is 8.19. The van der Waals surface area contributed by atoms with Crippen LogP contribution in [0.2, 0.25) is 0 Å². The van der Waals surface area contributed by atoms with Gasteiger partial charge in [-0.15, -0.1) is 23.1 Å². The van der Waals surface area contributed by atoms with E-state index in [1.165, 1.54) is 35.8 Å². The van der Waals surface area contributed by atoms with Crippen LogP contribution in [0.15, 0.2) is 59.5 Å². The van der Waals surface area contributed by atoms with Gasteiger partial charge >= 0.3 is 5.97 Å². The second kappa shape index (κ2) is 11.7. The van der Waals surface area contributed by atoms with Gasteiger partial charge in [-0.25, -0.2) is 4.79 Å². The third kappa shape index (κ3) is 5.97. The normalized spacial score (nSPS) is 17.3. The van der Waals surface area contributed by atoms with Crippen molar-refractivity contribution in [2.75, 3.05) is 17.7 Å². The van der Waals surface area contributed by atoms with Gasteiger partial charge in [0.15, 0.2) is 0 Å². The van der Waals surface area contributed by atoms with E-state index in [2.05, 4.69) is 34.9 Å². The van der Waals surface area contributed by atoms with Gasteiger partial charge in [0.25, 0.3) is 0 Å². The smallest absolute Gasteiger partial charge is 0.341 e. The molecule has 1 fully saturated rings. The van der Waals surface area contributed by atoms with Gasteiger partial charge in [0.1, 0.15) is 5.00 Å². The summed E-state index contributed by atoms with van der Waals surface area (Å²) < 4.78 is 5.12. The van der Waals surface area contributed by atoms with Crippen LogP contribution in [0.4, 0.5) is 10.7 Å². The van der Waals surface area contributed by atoms with E-state index >= 15 is 0 Å². The monoisotopic (exact) mass is 548 g/mol. The molecule has 2 amide bonds. The molecule has 5 rings (SSSR count). The van der Waals surface area contributed by atoms with Crippen molar-refractivity contribution in [3.8, 4) is 0 Å². The highest BCUT2D eigenvalue weighted by Crippen LogP contribution is 2.43. The molecule has 1 heterocycles. The summed E-state index contributed by atoms with van der Waals surface area (Å²) in [7, 11) is 1.38. The van der Waals surface area contributed by atoms with Crippen LogP contribution in [0.5, 0.6) is 0 Å². The zero-order chi connectivity index (χ0) is 26.6. The van der Waals surface area contributed by atoms with Gasteiger partial charge in [-0.05, 0) is 73.8 Å². The highest BCUT2D eigenvalue weighted by molar-refractivity contribution is 8.00. The zero-order valence-electron chi connectivity index (χ0n) is 21.6. The maximum Gasteiger partial charge on any atom is 0.341 e. The molecule has 3 aromatic rings. The van der Waals surface area contributed by atoms with Crippen LogP contribution in [-0.2, 0) is 27.2 Å². The lowest BCUT2D eigenvalue weighted by atomic mass is 9.83. The molecule has 198 valence electrons. The number of rotatable bonds is 9. The SMILES string of the molecule is CCC(Sc1cccc(NC(=O)C2CC2)c1)C(=O)Nc1sc2c(c1C(=O)OC)CCC(c1ccccc1)C2. The van der Waals surface area contributed by atoms with E-state index < -0.39 is 5.97 Å². The molecule has 0 spiro atoms. The number of thioether (sulfide) groups is 1. The van der Waals surface area contributed by atoms with E-state index in [4.69, 9.17) is 4.74 Å². The molecule has 2 aromatic carbocycles. The molecule has 0 radical (unpaired) electrons. The first-order chi connectivity index (χ1) is 18.5. The Balaban J connectivity index is 1.32. The van der Waals surface area contributed by atoms with E-state index in [1.54, 1.807) is 0 Å². The van der Waals surface area contributed by atoms with E-state index in [1.807, 2.05) is 37.3 Å². The third-order valence-electron chi connectivity index (χ3n) is 7.15. The second-order valence-electron chi connectivity index (χ2n) is 9.85. The summed E-state index contributed by atoms with van der Waals surface area (Å²) in [5.41, 5.74) is 3.55. The average molecular weight is 549 g/mol. The number of ether oxygens (including phenoxy) is 1. The lowest BCUT2D eigenvalue weighted by Gasteiger charge is -2.22. The number of carbonyl (C=O) groups is 3. The summed E-state index contributed by atoms with van der Waals surface area (Å²) in [6, 6.07) is 18.1. The van der Waals surface area contributed by atoms with Gasteiger partial charge in [0, 0.05) is 21.4 Å². The van der Waals surface area contributed by atoms with Crippen molar-refractivity contribution in [3.63, 3.8) is 0 Å². The van der Waals surface area contributed by atoms with Crippen molar-refractivity contribution in [2.45, 2.75) is 61.5 Å². The third-order valence-corrected chi connectivity index (χ3v) is 9.68. The van der Waals surface area contributed by atoms with Gasteiger partial charge < -0.3 is 15.4 Å². The lowest BCUT2D eigenvalue weighted by molar-refractivity contribution is -0.117. The van der Waals surface area contributed by atoms with E-state index in [0.29, 0.717) is 22.9 Å². The molecule has 8 heteroatoms. The zero-order valence-corrected chi connectivity index (χ0v) is 23.3. The Hall–Kier alpha value is -3.10. The van der Waals surface area contributed by atoms with Crippen LogP contribution in [0.25, 0.3) is 0 Å². The quantitative estimate of drug-likeness (QED) is 0.231. The highest BCUT2D eigenvalue weighted by atomic mass is 32.2. The molecule has 1 saturated carbocycles. The molecule has 0 aliphatic heterocycles. The first-order valence-corrected chi connectivity index (χ1v) is 14.8. The number of fused-ring (bicyclic) bond motifs is 1. The molecular formula is C30H32N2O4S2. The van der Waals surface area contributed by atoms with Crippen molar-refractivity contribution < 1.29 is 19.1 Å². The van der Waals surface area contributed by atoms with Crippen molar-refractivity contribution >= 4 is 51.6 Å². The van der Waals surface area contributed by atoms with Crippen LogP contribution in [0, 0.1) is 5.92 Å². The second-order valence-corrected chi connectivity index (χ2v) is 12.2. The van der Waals surface area contributed by atoms with Gasteiger partial charge in [-0.3, -0.25) is 9.59 Å². The summed E-state index contributed by atoms with van der Waals surface area (Å²) in [6.45, 7) is 1.97. The summed E-state index contributed by atoms with van der Waals surface area (Å²) in [5, 5.41) is 6.26. The van der Waals surface area contributed by atoms with Crippen molar-refractivity contribution in [2.24, 2.45) is 5.92 Å². The first-order valence-electron chi connectivity index (χ1n) is 13.1. The Morgan fingerprint density at radius 2 is 1.84 bits per heavy atom. The minimum Gasteiger partial charge on any atom is -0.465 e. The minimum atomic E-state index is -0.407. The highest BCUT2D eigenvalue weighted by Gasteiger charge is 2.32. The number of carbonyl (C=O) groups excluding carboxylic acids is 3. The standard InChI is InChI=1S/C30H32N2O4S2/c1-3-24(37-22-11-7-10-21(17-22)31-27(33)19-12-13-19)28(34)32-29-26(30(35)36-2)23-15-14-20(16-25(23)38-29)18-8-5-4-6-9-18/h4-11,17,19-20,24H,3,12-16H2,1-2H3,(H,31,33)(H,32,34). The predicted molar refractivity (Wildman–Crippen MR) is 153 cm³/mol. The van der Waals surface area contributed by atoms with Gasteiger partial charge in [-0.2, -0.15) is 0 Å². The van der Waals surface area contributed by atoms with Crippen LogP contribution in [0.3, 0.4) is 0 Å². The summed E-state index contributed by atoms with van der Waals surface area (Å²) in [6.07, 6.45) is 5.08. The molecule has 6 nitrogen and oxygen atoms in total. The predicted octanol–water partition coefficient (Wildman–Crippen LogP) is 6.67. The molecule has 2 unspecified atom stereocenters. The van der Waals surface area contributed by atoms with Gasteiger partial charge in [0.05, 0.1) is 17.9 Å². The summed E-state index contributed by atoms with van der Waals surface area (Å²) >= 11 is 2.95. The number of anilines is 2. The number of benzene rings is 2. The molecule has 0 saturated heterocycles. The van der Waals surface area contributed by atoms with Crippen LogP contribution in [-0.4, -0.2) is 30.1 Å². The fraction of sp³-hybridized carbons (Fsp3) is 0.367. The topological polar surface area (TPSA) is 84.5 Å². The van der Waals surface area contributed by atoms with Crippen LogP contribution < -0.4 is 10.6 Å². The fourth-order valence-electron chi connectivity index (χ4n) is 4.92. The number of thiophene rings is 1. The average Bonchev–Trinajstić information content (AvgIpc) is 3.73. The summed E-state index contributed by atoms with van der Waals surface area (Å²) in [5.74, 6) is 0.0274. The van der Waals surface area contributed by atoms with Crippen LogP contribution in [0.1, 0.15) is 64.9 Å². The van der Waals surface area contributed by atoms with E-state index in [-0.39, 0.29) is 23.0 Å². The maximum atomic E-state index is 13.4. The molecule has 1 aromatic heterocycles. The van der Waals surface area contributed by atoms with E-state index in [9.17, 15) is 14.4 Å². The molecule has 2 atom stereocenters. The molecule has 2 aliphatic rings. The molecule has 2 aliphatic carbocycles. The molecule has 38 heavy (non-hydrogen) atoms. The van der Waals surface area contributed by atoms with Crippen molar-refractivity contribution in [1.82, 2.24) is 0 Å². The van der Waals surface area contributed by atoms with Crippen molar-refractivity contribution in [3.05, 3.63) is 76.2 Å². The van der Waals surface area contributed by atoms with Crippen LogP contribution >= 0.6 is 23.1 Å². The number of amides is 2. The van der Waals surface area contributed by atoms with E-state index in [0.717, 1.165) is 53.1 Å². The summed E-state index contributed by atoms with van der Waals surface area (Å²) in [4.78, 5) is 40.4. The molecule has 0 bridgehead atoms. The number of hydrogen-bond donors (Lipinski definition) is 2. The Labute approximate surface area is 231 Å². The largest absolute Gasteiger partial charge is 0.465 e. The van der Waals surface area contributed by atoms with Gasteiger partial charge in [-0.1, -0.05) is 43.3 Å². The lowest BCUT2D eigenvalue weighted by Crippen LogP contribution is -2.25. The van der Waals surface area contributed by atoms with Crippen molar-refractivity contribution in [1.29, 1.82) is 0 Å². The maximum absolute atomic E-state index is 13.4. The first kappa shape index (κ1) is 26.5. The fourth-order valence-corrected chi connectivity index (χ4v) is 7.25. The number of hydrogen-bond acceptors (Lipinski definition) is 6. The number of esters is 1. The number of nitrogens with one attached hydrogen (secondary N) is 2.